The van der Waals surface area contributed by atoms with E-state index in [-0.39, 0.29) is 11.9 Å². The maximum absolute atomic E-state index is 7.11. The van der Waals surface area contributed by atoms with E-state index in [0.29, 0.717) is 13.0 Å². The van der Waals surface area contributed by atoms with Crippen molar-refractivity contribution in [3.8, 4) is 0 Å². The largest absolute Gasteiger partial charge is 0.388 e. The molecule has 1 atom stereocenters. The van der Waals surface area contributed by atoms with Crippen molar-refractivity contribution in [1.29, 1.82) is 5.41 Å². The normalized spacial score (nSPS) is 12.4. The number of rotatable bonds is 5. The van der Waals surface area contributed by atoms with E-state index in [1.807, 2.05) is 37.3 Å². The van der Waals surface area contributed by atoms with Gasteiger partial charge in [-0.2, -0.15) is 0 Å². The highest BCUT2D eigenvalue weighted by molar-refractivity contribution is 5.77. The van der Waals surface area contributed by atoms with Gasteiger partial charge < -0.3 is 10.5 Å². The van der Waals surface area contributed by atoms with Crippen molar-refractivity contribution in [3.05, 3.63) is 35.9 Å². The van der Waals surface area contributed by atoms with Crippen molar-refractivity contribution >= 4 is 5.84 Å². The number of hydrogen-bond donors (Lipinski definition) is 2. The van der Waals surface area contributed by atoms with Crippen LogP contribution in [0, 0.1) is 5.41 Å². The fraction of sp³-hybridized carbons (Fsp3) is 0.364. The molecule has 0 radical (unpaired) electrons. The molecule has 0 saturated heterocycles. The Balaban J connectivity index is 2.30. The Labute approximate surface area is 84.4 Å². The van der Waals surface area contributed by atoms with E-state index in [0.717, 1.165) is 5.56 Å². The van der Waals surface area contributed by atoms with E-state index in [9.17, 15) is 0 Å². The molecule has 1 rings (SSSR count). The Kier molecular flexibility index (Phi) is 4.13. The van der Waals surface area contributed by atoms with Crippen LogP contribution in [0.3, 0.4) is 0 Å². The van der Waals surface area contributed by atoms with Crippen LogP contribution in [-0.4, -0.2) is 11.9 Å². The number of benzene rings is 1. The van der Waals surface area contributed by atoms with Crippen molar-refractivity contribution < 1.29 is 4.74 Å². The highest BCUT2D eigenvalue weighted by Gasteiger charge is 2.03. The highest BCUT2D eigenvalue weighted by Crippen LogP contribution is 2.04. The minimum atomic E-state index is 0.00714. The van der Waals surface area contributed by atoms with Crippen molar-refractivity contribution in [2.24, 2.45) is 5.73 Å². The van der Waals surface area contributed by atoms with Crippen LogP contribution in [0.25, 0.3) is 0 Å². The first kappa shape index (κ1) is 10.7. The molecular formula is C11H16N2O. The average Bonchev–Trinajstić information content (AvgIpc) is 2.15. The zero-order chi connectivity index (χ0) is 10.4. The Hall–Kier alpha value is -1.35. The minimum absolute atomic E-state index is 0.00714. The smallest absolute Gasteiger partial charge is 0.0931 e. The molecule has 3 N–H and O–H groups in total. The van der Waals surface area contributed by atoms with Gasteiger partial charge in [-0.15, -0.1) is 0 Å². The number of nitrogens with two attached hydrogens (primary N) is 1. The molecule has 3 heteroatoms. The van der Waals surface area contributed by atoms with E-state index in [1.54, 1.807) is 0 Å². The van der Waals surface area contributed by atoms with Crippen LogP contribution in [0.1, 0.15) is 18.9 Å². The van der Waals surface area contributed by atoms with Gasteiger partial charge in [0.2, 0.25) is 0 Å². The lowest BCUT2D eigenvalue weighted by Gasteiger charge is -2.11. The number of ether oxygens (including phenoxy) is 1. The molecule has 1 aromatic rings. The Morgan fingerprint density at radius 3 is 2.64 bits per heavy atom. The summed E-state index contributed by atoms with van der Waals surface area (Å²) in [6.45, 7) is 2.50. The molecule has 0 aliphatic carbocycles. The summed E-state index contributed by atoms with van der Waals surface area (Å²) in [5.41, 5.74) is 6.41. The van der Waals surface area contributed by atoms with Crippen LogP contribution < -0.4 is 5.73 Å². The lowest BCUT2D eigenvalue weighted by atomic mass is 10.2. The average molecular weight is 192 g/mol. The molecule has 76 valence electrons. The zero-order valence-corrected chi connectivity index (χ0v) is 8.36. The fourth-order valence-corrected chi connectivity index (χ4v) is 1.18. The molecule has 0 fully saturated rings. The van der Waals surface area contributed by atoms with Gasteiger partial charge in [0, 0.05) is 6.42 Å². The number of amidine groups is 1. The van der Waals surface area contributed by atoms with Gasteiger partial charge in [0.1, 0.15) is 0 Å². The lowest BCUT2D eigenvalue weighted by Crippen LogP contribution is -2.19. The molecule has 0 aliphatic heterocycles. The minimum Gasteiger partial charge on any atom is -0.388 e. The second-order valence-corrected chi connectivity index (χ2v) is 3.34. The molecule has 0 bridgehead atoms. The van der Waals surface area contributed by atoms with Crippen LogP contribution in [-0.2, 0) is 11.3 Å². The van der Waals surface area contributed by atoms with Crippen molar-refractivity contribution in [2.45, 2.75) is 26.1 Å². The van der Waals surface area contributed by atoms with Crippen LogP contribution in [0.5, 0.6) is 0 Å². The first-order chi connectivity index (χ1) is 6.68. The predicted molar refractivity (Wildman–Crippen MR) is 57.2 cm³/mol. The Morgan fingerprint density at radius 1 is 1.43 bits per heavy atom. The van der Waals surface area contributed by atoms with E-state index < -0.39 is 0 Å². The summed E-state index contributed by atoms with van der Waals surface area (Å²) >= 11 is 0. The van der Waals surface area contributed by atoms with Crippen LogP contribution in [0.2, 0.25) is 0 Å². The van der Waals surface area contributed by atoms with Gasteiger partial charge in [-0.25, -0.2) is 0 Å². The molecular weight excluding hydrogens is 176 g/mol. The third-order valence-electron chi connectivity index (χ3n) is 1.88. The second-order valence-electron chi connectivity index (χ2n) is 3.34. The molecule has 0 aromatic heterocycles. The monoisotopic (exact) mass is 192 g/mol. The van der Waals surface area contributed by atoms with Gasteiger partial charge in [0.15, 0.2) is 0 Å². The van der Waals surface area contributed by atoms with Gasteiger partial charge in [0.05, 0.1) is 18.5 Å². The van der Waals surface area contributed by atoms with E-state index in [2.05, 4.69) is 0 Å². The van der Waals surface area contributed by atoms with Crippen molar-refractivity contribution in [3.63, 3.8) is 0 Å². The topological polar surface area (TPSA) is 59.1 Å². The van der Waals surface area contributed by atoms with Gasteiger partial charge >= 0.3 is 0 Å². The van der Waals surface area contributed by atoms with E-state index in [1.165, 1.54) is 0 Å². The molecule has 0 saturated carbocycles. The standard InChI is InChI=1S/C11H16N2O/c1-9(7-11(12)13)14-8-10-5-3-2-4-6-10/h2-6,9H,7-8H2,1H3,(H3,12,13). The maximum Gasteiger partial charge on any atom is 0.0931 e. The number of nitrogens with one attached hydrogen (secondary N) is 1. The van der Waals surface area contributed by atoms with E-state index >= 15 is 0 Å². The molecule has 1 unspecified atom stereocenters. The number of hydrogen-bond acceptors (Lipinski definition) is 2. The first-order valence-corrected chi connectivity index (χ1v) is 4.67. The van der Waals surface area contributed by atoms with Gasteiger partial charge in [-0.05, 0) is 12.5 Å². The van der Waals surface area contributed by atoms with Gasteiger partial charge in [-0.3, -0.25) is 5.41 Å². The first-order valence-electron chi connectivity index (χ1n) is 4.67. The summed E-state index contributed by atoms with van der Waals surface area (Å²) in [4.78, 5) is 0. The quantitative estimate of drug-likeness (QED) is 0.553. The molecule has 0 amide bonds. The van der Waals surface area contributed by atoms with Crippen LogP contribution in [0.15, 0.2) is 30.3 Å². The summed E-state index contributed by atoms with van der Waals surface area (Å²) in [6, 6.07) is 9.96. The van der Waals surface area contributed by atoms with Crippen LogP contribution >= 0.6 is 0 Å². The lowest BCUT2D eigenvalue weighted by molar-refractivity contribution is 0.0578. The molecule has 0 heterocycles. The molecule has 3 nitrogen and oxygen atoms in total. The third kappa shape index (κ3) is 4.05. The maximum atomic E-state index is 7.11. The highest BCUT2D eigenvalue weighted by atomic mass is 16.5. The van der Waals surface area contributed by atoms with Gasteiger partial charge in [-0.1, -0.05) is 30.3 Å². The van der Waals surface area contributed by atoms with Crippen LogP contribution in [0.4, 0.5) is 0 Å². The molecule has 1 aromatic carbocycles. The zero-order valence-electron chi connectivity index (χ0n) is 8.36. The van der Waals surface area contributed by atoms with E-state index in [4.69, 9.17) is 15.9 Å². The molecule has 0 aliphatic rings. The summed E-state index contributed by atoms with van der Waals surface area (Å²) in [6.07, 6.45) is 0.500. The third-order valence-corrected chi connectivity index (χ3v) is 1.88. The summed E-state index contributed by atoms with van der Waals surface area (Å²) in [5.74, 6) is 0.172. The van der Waals surface area contributed by atoms with Gasteiger partial charge in [0.25, 0.3) is 0 Å². The summed E-state index contributed by atoms with van der Waals surface area (Å²) in [7, 11) is 0. The Bertz CT molecular complexity index is 285. The summed E-state index contributed by atoms with van der Waals surface area (Å²) < 4.78 is 5.52. The second kappa shape index (κ2) is 5.40. The predicted octanol–water partition coefficient (Wildman–Crippen LogP) is 1.92. The van der Waals surface area contributed by atoms with Crippen molar-refractivity contribution in [2.75, 3.05) is 0 Å². The molecule has 0 spiro atoms. The van der Waals surface area contributed by atoms with Crippen molar-refractivity contribution in [1.82, 2.24) is 0 Å². The Morgan fingerprint density at radius 2 is 2.07 bits per heavy atom. The fourth-order valence-electron chi connectivity index (χ4n) is 1.18. The SMILES string of the molecule is CC(CC(=N)N)OCc1ccccc1. The summed E-state index contributed by atoms with van der Waals surface area (Å²) in [5, 5.41) is 7.11. The molecule has 14 heavy (non-hydrogen) atoms.